The van der Waals surface area contributed by atoms with Gasteiger partial charge in [0.05, 0.1) is 5.25 Å². The molecule has 6 nitrogen and oxygen atoms in total. The van der Waals surface area contributed by atoms with E-state index in [9.17, 15) is 4.79 Å². The fraction of sp³-hybridized carbons (Fsp3) is 0.133. The summed E-state index contributed by atoms with van der Waals surface area (Å²) in [7, 11) is 0. The van der Waals surface area contributed by atoms with Gasteiger partial charge < -0.3 is 11.2 Å². The van der Waals surface area contributed by atoms with E-state index in [0.29, 0.717) is 5.16 Å². The number of nitrogen functional groups attached to an aromatic ring is 1. The van der Waals surface area contributed by atoms with Gasteiger partial charge >= 0.3 is 0 Å². The maximum Gasteiger partial charge on any atom is 0.237 e. The van der Waals surface area contributed by atoms with Gasteiger partial charge in [-0.05, 0) is 29.8 Å². The average molecular weight is 313 g/mol. The highest BCUT2D eigenvalue weighted by Crippen LogP contribution is 2.22. The lowest BCUT2D eigenvalue weighted by Gasteiger charge is -2.11. The summed E-state index contributed by atoms with van der Waals surface area (Å²) in [5.74, 6) is 5.53. The molecule has 112 valence electrons. The summed E-state index contributed by atoms with van der Waals surface area (Å²) < 4.78 is 1.30. The van der Waals surface area contributed by atoms with Crippen LogP contribution in [0.15, 0.2) is 53.9 Å². The van der Waals surface area contributed by atoms with Crippen LogP contribution in [-0.2, 0) is 4.79 Å². The van der Waals surface area contributed by atoms with E-state index in [2.05, 4.69) is 15.5 Å². The van der Waals surface area contributed by atoms with Crippen molar-refractivity contribution in [3.8, 4) is 0 Å². The smallest absolute Gasteiger partial charge is 0.237 e. The topological polar surface area (TPSA) is 85.8 Å². The van der Waals surface area contributed by atoms with Crippen LogP contribution in [0.5, 0.6) is 0 Å². The molecule has 0 saturated carbocycles. The summed E-state index contributed by atoms with van der Waals surface area (Å²) in [5, 5.41) is 12.8. The third-order valence-corrected chi connectivity index (χ3v) is 4.28. The third-order valence-electron chi connectivity index (χ3n) is 3.21. The molecule has 3 aromatic rings. The number of rotatable bonds is 4. The number of thioether (sulfide) groups is 1. The first-order chi connectivity index (χ1) is 10.6. The molecule has 0 fully saturated rings. The molecular formula is C15H15N5OS. The first-order valence-electron chi connectivity index (χ1n) is 6.75. The number of nitrogens with one attached hydrogen (secondary N) is 1. The SMILES string of the molecule is C[C@H](Sc1nncn1N)C(=O)Nc1ccc2ccccc2c1. The predicted octanol–water partition coefficient (Wildman–Crippen LogP) is 2.26. The Labute approximate surface area is 131 Å². The highest BCUT2D eigenvalue weighted by Gasteiger charge is 2.17. The normalized spacial score (nSPS) is 12.2. The van der Waals surface area contributed by atoms with Crippen LogP contribution in [0.25, 0.3) is 10.8 Å². The Bertz CT molecular complexity index is 816. The zero-order valence-electron chi connectivity index (χ0n) is 11.9. The van der Waals surface area contributed by atoms with E-state index in [1.165, 1.54) is 22.8 Å². The minimum atomic E-state index is -0.335. The molecule has 1 aromatic heterocycles. The number of carbonyl (C=O) groups is 1. The van der Waals surface area contributed by atoms with Crippen molar-refractivity contribution < 1.29 is 4.79 Å². The second-order valence-electron chi connectivity index (χ2n) is 4.83. The lowest BCUT2D eigenvalue weighted by Crippen LogP contribution is -2.23. The molecule has 0 radical (unpaired) electrons. The predicted molar refractivity (Wildman–Crippen MR) is 88.1 cm³/mol. The number of hydrogen-bond acceptors (Lipinski definition) is 5. The Morgan fingerprint density at radius 3 is 2.77 bits per heavy atom. The average Bonchev–Trinajstić information content (AvgIpc) is 2.92. The van der Waals surface area contributed by atoms with Gasteiger partial charge in [0.15, 0.2) is 0 Å². The number of anilines is 1. The van der Waals surface area contributed by atoms with Gasteiger partial charge in [-0.25, -0.2) is 4.68 Å². The minimum absolute atomic E-state index is 0.108. The van der Waals surface area contributed by atoms with Crippen LogP contribution in [0.1, 0.15) is 6.92 Å². The Morgan fingerprint density at radius 2 is 2.05 bits per heavy atom. The number of aromatic nitrogens is 3. The van der Waals surface area contributed by atoms with Crippen LogP contribution < -0.4 is 11.2 Å². The number of nitrogens with zero attached hydrogens (tertiary/aromatic N) is 3. The molecule has 1 heterocycles. The number of hydrogen-bond donors (Lipinski definition) is 2. The molecule has 0 aliphatic heterocycles. The molecule has 0 unspecified atom stereocenters. The minimum Gasteiger partial charge on any atom is -0.336 e. The molecule has 22 heavy (non-hydrogen) atoms. The maximum atomic E-state index is 12.3. The Morgan fingerprint density at radius 1 is 1.27 bits per heavy atom. The number of nitrogens with two attached hydrogens (primary N) is 1. The molecule has 0 saturated heterocycles. The van der Waals surface area contributed by atoms with Gasteiger partial charge in [-0.1, -0.05) is 42.1 Å². The van der Waals surface area contributed by atoms with E-state index in [1.54, 1.807) is 6.92 Å². The van der Waals surface area contributed by atoms with E-state index in [4.69, 9.17) is 5.84 Å². The van der Waals surface area contributed by atoms with E-state index < -0.39 is 0 Å². The summed E-state index contributed by atoms with van der Waals surface area (Å²) in [6.07, 6.45) is 1.40. The Hall–Kier alpha value is -2.54. The van der Waals surface area contributed by atoms with Crippen molar-refractivity contribution in [3.63, 3.8) is 0 Å². The first-order valence-corrected chi connectivity index (χ1v) is 7.63. The Balaban J connectivity index is 1.70. The van der Waals surface area contributed by atoms with Crippen molar-refractivity contribution in [1.29, 1.82) is 0 Å². The first kappa shape index (κ1) is 14.4. The van der Waals surface area contributed by atoms with E-state index in [0.717, 1.165) is 16.5 Å². The fourth-order valence-corrected chi connectivity index (χ4v) is 2.78. The van der Waals surface area contributed by atoms with Crippen molar-refractivity contribution >= 4 is 34.1 Å². The molecule has 1 atom stereocenters. The van der Waals surface area contributed by atoms with Gasteiger partial charge in [0.1, 0.15) is 6.33 Å². The summed E-state index contributed by atoms with van der Waals surface area (Å²) in [6, 6.07) is 13.8. The second-order valence-corrected chi connectivity index (χ2v) is 6.14. The van der Waals surface area contributed by atoms with E-state index in [-0.39, 0.29) is 11.2 Å². The molecule has 0 aliphatic rings. The lowest BCUT2D eigenvalue weighted by molar-refractivity contribution is -0.115. The van der Waals surface area contributed by atoms with Gasteiger partial charge in [-0.3, -0.25) is 4.79 Å². The molecular weight excluding hydrogens is 298 g/mol. The fourth-order valence-electron chi connectivity index (χ4n) is 2.04. The van der Waals surface area contributed by atoms with Crippen LogP contribution in [0.2, 0.25) is 0 Å². The number of amides is 1. The summed E-state index contributed by atoms with van der Waals surface area (Å²) >= 11 is 1.26. The van der Waals surface area contributed by atoms with Gasteiger partial charge in [-0.2, -0.15) is 0 Å². The highest BCUT2D eigenvalue weighted by molar-refractivity contribution is 8.00. The lowest BCUT2D eigenvalue weighted by atomic mass is 10.1. The highest BCUT2D eigenvalue weighted by atomic mass is 32.2. The van der Waals surface area contributed by atoms with Crippen LogP contribution >= 0.6 is 11.8 Å². The standard InChI is InChI=1S/C15H15N5OS/c1-10(22-15-19-17-9-20(15)16)14(21)18-13-7-6-11-4-2-3-5-12(11)8-13/h2-10H,16H2,1H3,(H,18,21)/t10-/m0/s1. The molecule has 1 amide bonds. The number of carbonyl (C=O) groups excluding carboxylic acids is 1. The van der Waals surface area contributed by atoms with E-state index in [1.807, 2.05) is 42.5 Å². The quantitative estimate of drug-likeness (QED) is 0.570. The van der Waals surface area contributed by atoms with E-state index >= 15 is 0 Å². The zero-order chi connectivity index (χ0) is 15.5. The van der Waals surface area contributed by atoms with Crippen molar-refractivity contribution in [2.75, 3.05) is 11.2 Å². The van der Waals surface area contributed by atoms with Gasteiger partial charge in [0.25, 0.3) is 0 Å². The van der Waals surface area contributed by atoms with Crippen LogP contribution in [0, 0.1) is 0 Å². The monoisotopic (exact) mass is 313 g/mol. The van der Waals surface area contributed by atoms with Crippen molar-refractivity contribution in [2.45, 2.75) is 17.3 Å². The van der Waals surface area contributed by atoms with Crippen molar-refractivity contribution in [2.24, 2.45) is 0 Å². The Kier molecular flexibility index (Phi) is 3.97. The number of fused-ring (bicyclic) bond motifs is 1. The molecule has 0 bridgehead atoms. The second kappa shape index (κ2) is 6.07. The molecule has 3 N–H and O–H groups in total. The number of benzene rings is 2. The van der Waals surface area contributed by atoms with Crippen molar-refractivity contribution in [3.05, 3.63) is 48.8 Å². The summed E-state index contributed by atoms with van der Waals surface area (Å²) in [6.45, 7) is 1.80. The molecule has 3 rings (SSSR count). The van der Waals surface area contributed by atoms with Gasteiger partial charge in [-0.15, -0.1) is 10.2 Å². The van der Waals surface area contributed by atoms with Crippen LogP contribution in [0.4, 0.5) is 5.69 Å². The van der Waals surface area contributed by atoms with Crippen LogP contribution in [0.3, 0.4) is 0 Å². The van der Waals surface area contributed by atoms with Crippen LogP contribution in [-0.4, -0.2) is 26.0 Å². The van der Waals surface area contributed by atoms with Gasteiger partial charge in [0.2, 0.25) is 11.1 Å². The molecule has 7 heteroatoms. The zero-order valence-corrected chi connectivity index (χ0v) is 12.7. The largest absolute Gasteiger partial charge is 0.336 e. The maximum absolute atomic E-state index is 12.3. The molecule has 2 aromatic carbocycles. The van der Waals surface area contributed by atoms with Crippen molar-refractivity contribution in [1.82, 2.24) is 14.9 Å². The molecule has 0 spiro atoms. The summed E-state index contributed by atoms with van der Waals surface area (Å²) in [5.41, 5.74) is 0.769. The summed E-state index contributed by atoms with van der Waals surface area (Å²) in [4.78, 5) is 12.3. The third kappa shape index (κ3) is 3.04. The molecule has 0 aliphatic carbocycles. The van der Waals surface area contributed by atoms with Gasteiger partial charge in [0, 0.05) is 5.69 Å².